The molecule has 5 heteroatoms. The van der Waals surface area contributed by atoms with Crippen molar-refractivity contribution in [1.82, 2.24) is 4.90 Å². The van der Waals surface area contributed by atoms with E-state index in [-0.39, 0.29) is 12.0 Å². The van der Waals surface area contributed by atoms with E-state index in [1.165, 1.54) is 0 Å². The molecular formula is C15H20BrNO3. The van der Waals surface area contributed by atoms with Crippen LogP contribution in [-0.2, 0) is 14.3 Å². The van der Waals surface area contributed by atoms with Gasteiger partial charge in [0.05, 0.1) is 26.2 Å². The fourth-order valence-corrected chi connectivity index (χ4v) is 3.00. The van der Waals surface area contributed by atoms with E-state index in [2.05, 4.69) is 26.9 Å². The Morgan fingerprint density at radius 2 is 2.10 bits per heavy atom. The maximum absolute atomic E-state index is 11.9. The Kier molecular flexibility index (Phi) is 6.01. The summed E-state index contributed by atoms with van der Waals surface area (Å²) in [6.07, 6.45) is 0.371. The van der Waals surface area contributed by atoms with Crippen molar-refractivity contribution in [3.05, 3.63) is 34.3 Å². The largest absolute Gasteiger partial charge is 0.466 e. The monoisotopic (exact) mass is 341 g/mol. The van der Waals surface area contributed by atoms with Crippen LogP contribution in [-0.4, -0.2) is 43.8 Å². The molecule has 1 fully saturated rings. The van der Waals surface area contributed by atoms with E-state index in [1.807, 2.05) is 25.1 Å². The molecule has 0 N–H and O–H groups in total. The molecule has 20 heavy (non-hydrogen) atoms. The van der Waals surface area contributed by atoms with Crippen LogP contribution in [0.3, 0.4) is 0 Å². The third-order valence-corrected chi connectivity index (χ3v) is 4.14. The summed E-state index contributed by atoms with van der Waals surface area (Å²) >= 11 is 3.58. The Morgan fingerprint density at radius 3 is 2.75 bits per heavy atom. The molecule has 0 amide bonds. The standard InChI is InChI=1S/C15H20BrNO3/c1-2-20-15(18)11-14(17-7-9-19-10-8-17)12-5-3-4-6-13(12)16/h3-6,14H,2,7-11H2,1H3. The lowest BCUT2D eigenvalue weighted by atomic mass is 10.0. The molecule has 1 unspecified atom stereocenters. The van der Waals surface area contributed by atoms with Crippen LogP contribution < -0.4 is 0 Å². The molecule has 1 aliphatic heterocycles. The van der Waals surface area contributed by atoms with Crippen LogP contribution in [0.1, 0.15) is 24.9 Å². The summed E-state index contributed by atoms with van der Waals surface area (Å²) in [4.78, 5) is 14.2. The highest BCUT2D eigenvalue weighted by Crippen LogP contribution is 2.31. The molecule has 1 aromatic rings. The number of rotatable bonds is 5. The van der Waals surface area contributed by atoms with Gasteiger partial charge in [-0.2, -0.15) is 0 Å². The normalized spacial score (nSPS) is 17.7. The molecule has 0 saturated carbocycles. The highest BCUT2D eigenvalue weighted by atomic mass is 79.9. The van der Waals surface area contributed by atoms with Crippen molar-refractivity contribution >= 4 is 21.9 Å². The maximum atomic E-state index is 11.9. The molecule has 1 aromatic carbocycles. The fraction of sp³-hybridized carbons (Fsp3) is 0.533. The molecule has 110 valence electrons. The van der Waals surface area contributed by atoms with E-state index in [0.29, 0.717) is 26.2 Å². The first-order chi connectivity index (χ1) is 9.72. The SMILES string of the molecule is CCOC(=O)CC(c1ccccc1Br)N1CCOCC1. The van der Waals surface area contributed by atoms with Gasteiger partial charge in [-0.15, -0.1) is 0 Å². The predicted molar refractivity (Wildman–Crippen MR) is 80.5 cm³/mol. The molecule has 2 rings (SSSR count). The number of esters is 1. The molecule has 0 aromatic heterocycles. The van der Waals surface area contributed by atoms with E-state index >= 15 is 0 Å². The van der Waals surface area contributed by atoms with Crippen LogP contribution in [0, 0.1) is 0 Å². The van der Waals surface area contributed by atoms with Gasteiger partial charge in [0.15, 0.2) is 0 Å². The van der Waals surface area contributed by atoms with Gasteiger partial charge in [-0.1, -0.05) is 34.1 Å². The van der Waals surface area contributed by atoms with Crippen molar-refractivity contribution in [3.8, 4) is 0 Å². The van der Waals surface area contributed by atoms with Gasteiger partial charge in [-0.05, 0) is 18.6 Å². The molecule has 1 atom stereocenters. The first-order valence-corrected chi connectivity index (χ1v) is 7.73. The first kappa shape index (κ1) is 15.5. The van der Waals surface area contributed by atoms with Crippen molar-refractivity contribution in [1.29, 1.82) is 0 Å². The molecule has 0 aliphatic carbocycles. The molecule has 1 saturated heterocycles. The second-order valence-electron chi connectivity index (χ2n) is 4.69. The van der Waals surface area contributed by atoms with Crippen LogP contribution in [0.25, 0.3) is 0 Å². The number of carbonyl (C=O) groups is 1. The highest BCUT2D eigenvalue weighted by Gasteiger charge is 2.26. The number of benzene rings is 1. The lowest BCUT2D eigenvalue weighted by Crippen LogP contribution is -2.40. The molecule has 1 aliphatic rings. The third kappa shape index (κ3) is 4.04. The first-order valence-electron chi connectivity index (χ1n) is 6.94. The number of morpholine rings is 1. The van der Waals surface area contributed by atoms with Crippen LogP contribution in [0.5, 0.6) is 0 Å². The number of nitrogens with zero attached hydrogens (tertiary/aromatic N) is 1. The average molecular weight is 342 g/mol. The van der Waals surface area contributed by atoms with Gasteiger partial charge < -0.3 is 9.47 Å². The smallest absolute Gasteiger partial charge is 0.307 e. The summed E-state index contributed by atoms with van der Waals surface area (Å²) in [6.45, 7) is 5.36. The van der Waals surface area contributed by atoms with Gasteiger partial charge in [-0.25, -0.2) is 0 Å². The quantitative estimate of drug-likeness (QED) is 0.772. The zero-order chi connectivity index (χ0) is 14.4. The van der Waals surface area contributed by atoms with Crippen LogP contribution in [0.2, 0.25) is 0 Å². The van der Waals surface area contributed by atoms with Gasteiger partial charge >= 0.3 is 5.97 Å². The summed E-state index contributed by atoms with van der Waals surface area (Å²) in [5.74, 6) is -0.153. The van der Waals surface area contributed by atoms with Gasteiger partial charge in [0, 0.05) is 23.6 Å². The molecule has 0 spiro atoms. The topological polar surface area (TPSA) is 38.8 Å². The minimum absolute atomic E-state index is 0.0357. The lowest BCUT2D eigenvalue weighted by molar-refractivity contribution is -0.145. The Morgan fingerprint density at radius 1 is 1.40 bits per heavy atom. The van der Waals surface area contributed by atoms with Crippen molar-refractivity contribution in [2.75, 3.05) is 32.9 Å². The van der Waals surface area contributed by atoms with Gasteiger partial charge in [0.2, 0.25) is 0 Å². The number of carbonyl (C=O) groups excluding carboxylic acids is 1. The van der Waals surface area contributed by atoms with E-state index in [9.17, 15) is 4.79 Å². The Balaban J connectivity index is 2.19. The van der Waals surface area contributed by atoms with Crippen molar-refractivity contribution < 1.29 is 14.3 Å². The van der Waals surface area contributed by atoms with E-state index in [4.69, 9.17) is 9.47 Å². The number of hydrogen-bond acceptors (Lipinski definition) is 4. The summed E-state index contributed by atoms with van der Waals surface area (Å²) in [5.41, 5.74) is 1.13. The Labute approximate surface area is 128 Å². The fourth-order valence-electron chi connectivity index (χ4n) is 2.45. The van der Waals surface area contributed by atoms with Crippen molar-refractivity contribution in [3.63, 3.8) is 0 Å². The van der Waals surface area contributed by atoms with Gasteiger partial charge in [0.1, 0.15) is 0 Å². The lowest BCUT2D eigenvalue weighted by Gasteiger charge is -2.34. The van der Waals surface area contributed by atoms with E-state index < -0.39 is 0 Å². The van der Waals surface area contributed by atoms with Crippen LogP contribution in [0.4, 0.5) is 0 Å². The second-order valence-corrected chi connectivity index (χ2v) is 5.55. The number of hydrogen-bond donors (Lipinski definition) is 0. The molecular weight excluding hydrogens is 322 g/mol. The van der Waals surface area contributed by atoms with Crippen molar-refractivity contribution in [2.45, 2.75) is 19.4 Å². The minimum Gasteiger partial charge on any atom is -0.466 e. The Bertz CT molecular complexity index is 446. The zero-order valence-electron chi connectivity index (χ0n) is 11.7. The summed E-state index contributed by atoms with van der Waals surface area (Å²) < 4.78 is 11.5. The van der Waals surface area contributed by atoms with Gasteiger partial charge in [-0.3, -0.25) is 9.69 Å². The molecule has 1 heterocycles. The third-order valence-electron chi connectivity index (χ3n) is 3.42. The number of halogens is 1. The number of ether oxygens (including phenoxy) is 2. The van der Waals surface area contributed by atoms with E-state index in [0.717, 1.165) is 23.1 Å². The minimum atomic E-state index is -0.153. The molecule has 0 radical (unpaired) electrons. The maximum Gasteiger partial charge on any atom is 0.307 e. The van der Waals surface area contributed by atoms with Gasteiger partial charge in [0.25, 0.3) is 0 Å². The summed E-state index contributed by atoms with van der Waals surface area (Å²) in [7, 11) is 0. The van der Waals surface area contributed by atoms with Crippen molar-refractivity contribution in [2.24, 2.45) is 0 Å². The van der Waals surface area contributed by atoms with E-state index in [1.54, 1.807) is 0 Å². The molecule has 4 nitrogen and oxygen atoms in total. The summed E-state index contributed by atoms with van der Waals surface area (Å²) in [5, 5.41) is 0. The zero-order valence-corrected chi connectivity index (χ0v) is 13.3. The average Bonchev–Trinajstić information content (AvgIpc) is 2.47. The Hall–Kier alpha value is -0.910. The highest BCUT2D eigenvalue weighted by molar-refractivity contribution is 9.10. The van der Waals surface area contributed by atoms with Crippen LogP contribution in [0.15, 0.2) is 28.7 Å². The van der Waals surface area contributed by atoms with Crippen LogP contribution >= 0.6 is 15.9 Å². The summed E-state index contributed by atoms with van der Waals surface area (Å²) in [6, 6.07) is 8.08. The predicted octanol–water partition coefficient (Wildman–Crippen LogP) is 2.78. The molecule has 0 bridgehead atoms. The second kappa shape index (κ2) is 7.76.